The molecule has 0 saturated carbocycles. The fourth-order valence-corrected chi connectivity index (χ4v) is 1.45. The van der Waals surface area contributed by atoms with Gasteiger partial charge in [-0.25, -0.2) is 0 Å². The molecule has 0 atom stereocenters. The Kier molecular flexibility index (Phi) is 2.11. The van der Waals surface area contributed by atoms with Crippen molar-refractivity contribution in [2.75, 3.05) is 10.6 Å². The fourth-order valence-electron chi connectivity index (χ4n) is 1.45. The van der Waals surface area contributed by atoms with Crippen LogP contribution in [0.3, 0.4) is 0 Å². The zero-order valence-corrected chi connectivity index (χ0v) is 7.88. The molecule has 0 radical (unpaired) electrons. The van der Waals surface area contributed by atoms with Gasteiger partial charge in [0.05, 0.1) is 22.8 Å². The Bertz CT molecular complexity index is 377. The van der Waals surface area contributed by atoms with Gasteiger partial charge in [0.1, 0.15) is 0 Å². The van der Waals surface area contributed by atoms with Gasteiger partial charge in [0.2, 0.25) is 0 Å². The molecule has 2 heteroatoms. The van der Waals surface area contributed by atoms with Crippen LogP contribution in [0.25, 0.3) is 0 Å². The second-order valence-corrected chi connectivity index (χ2v) is 3.03. The van der Waals surface area contributed by atoms with E-state index >= 15 is 0 Å². The number of para-hydroxylation sites is 2. The van der Waals surface area contributed by atoms with Crippen molar-refractivity contribution in [1.29, 1.82) is 0 Å². The van der Waals surface area contributed by atoms with Gasteiger partial charge < -0.3 is 10.6 Å². The van der Waals surface area contributed by atoms with E-state index in [-0.39, 0.29) is 0 Å². The average molecular weight is 184 g/mol. The summed E-state index contributed by atoms with van der Waals surface area (Å²) in [6.45, 7) is 7.49. The van der Waals surface area contributed by atoms with Gasteiger partial charge in [0.15, 0.2) is 0 Å². The predicted octanol–water partition coefficient (Wildman–Crippen LogP) is 3.11. The van der Waals surface area contributed by atoms with E-state index in [0.29, 0.717) is 0 Å². The molecular weight excluding hydrogens is 172 g/mol. The topological polar surface area (TPSA) is 24.1 Å². The van der Waals surface area contributed by atoms with Gasteiger partial charge in [0.25, 0.3) is 0 Å². The van der Waals surface area contributed by atoms with E-state index in [4.69, 9.17) is 0 Å². The van der Waals surface area contributed by atoms with E-state index in [1.807, 2.05) is 24.3 Å². The molecule has 0 unspecified atom stereocenters. The average Bonchev–Trinajstić information content (AvgIpc) is 2.27. The summed E-state index contributed by atoms with van der Waals surface area (Å²) in [6.07, 6.45) is 3.56. The third-order valence-electron chi connectivity index (χ3n) is 2.16. The van der Waals surface area contributed by atoms with Gasteiger partial charge in [-0.1, -0.05) is 25.3 Å². The monoisotopic (exact) mass is 184 g/mol. The van der Waals surface area contributed by atoms with Gasteiger partial charge >= 0.3 is 0 Å². The zero-order valence-electron chi connectivity index (χ0n) is 7.88. The lowest BCUT2D eigenvalue weighted by Crippen LogP contribution is -2.13. The first-order valence-electron chi connectivity index (χ1n) is 4.47. The third-order valence-corrected chi connectivity index (χ3v) is 2.16. The molecule has 0 bridgehead atoms. The number of allylic oxidation sites excluding steroid dienone is 2. The van der Waals surface area contributed by atoms with Crippen molar-refractivity contribution in [3.63, 3.8) is 0 Å². The minimum atomic E-state index is 0.957. The SMILES string of the molecule is C=CC1=C(C=C)Nc2ccccc2N1. The van der Waals surface area contributed by atoms with Crippen LogP contribution in [-0.2, 0) is 0 Å². The van der Waals surface area contributed by atoms with Gasteiger partial charge in [-0.3, -0.25) is 0 Å². The Labute approximate surface area is 83.6 Å². The van der Waals surface area contributed by atoms with Crippen LogP contribution in [0.1, 0.15) is 0 Å². The molecule has 1 aromatic carbocycles. The molecule has 14 heavy (non-hydrogen) atoms. The number of rotatable bonds is 2. The third kappa shape index (κ3) is 1.31. The summed E-state index contributed by atoms with van der Waals surface area (Å²) in [6, 6.07) is 8.03. The quantitative estimate of drug-likeness (QED) is 0.738. The standard InChI is InChI=1S/C12H12N2/c1-3-9-10(4-2)14-12-8-6-5-7-11(12)13-9/h3-8,13-14H,1-2H2. The summed E-state index contributed by atoms with van der Waals surface area (Å²) >= 11 is 0. The Hall–Kier alpha value is -1.96. The highest BCUT2D eigenvalue weighted by molar-refractivity contribution is 5.77. The molecule has 1 aliphatic heterocycles. The van der Waals surface area contributed by atoms with Crippen molar-refractivity contribution in [3.05, 3.63) is 61.0 Å². The maximum atomic E-state index is 3.75. The fraction of sp³-hybridized carbons (Fsp3) is 0. The molecule has 0 aromatic heterocycles. The molecule has 2 rings (SSSR count). The highest BCUT2D eigenvalue weighted by atomic mass is 15.0. The summed E-state index contributed by atoms with van der Waals surface area (Å²) in [5.41, 5.74) is 4.04. The van der Waals surface area contributed by atoms with E-state index < -0.39 is 0 Å². The van der Waals surface area contributed by atoms with E-state index in [0.717, 1.165) is 22.8 Å². The first-order chi connectivity index (χ1) is 6.85. The maximum Gasteiger partial charge on any atom is 0.0624 e. The molecule has 70 valence electrons. The van der Waals surface area contributed by atoms with E-state index in [2.05, 4.69) is 23.8 Å². The Balaban J connectivity index is 2.45. The number of anilines is 2. The molecule has 2 nitrogen and oxygen atoms in total. The molecule has 2 N–H and O–H groups in total. The number of nitrogens with one attached hydrogen (secondary N) is 2. The van der Waals surface area contributed by atoms with E-state index in [9.17, 15) is 0 Å². The predicted molar refractivity (Wildman–Crippen MR) is 61.1 cm³/mol. The van der Waals surface area contributed by atoms with Crippen molar-refractivity contribution in [2.45, 2.75) is 0 Å². The van der Waals surface area contributed by atoms with Crippen LogP contribution in [0, 0.1) is 0 Å². The summed E-state index contributed by atoms with van der Waals surface area (Å²) in [5, 5.41) is 6.55. The number of hydrogen-bond acceptors (Lipinski definition) is 2. The highest BCUT2D eigenvalue weighted by Crippen LogP contribution is 2.29. The van der Waals surface area contributed by atoms with Crippen molar-refractivity contribution in [3.8, 4) is 0 Å². The summed E-state index contributed by atoms with van der Waals surface area (Å²) < 4.78 is 0. The van der Waals surface area contributed by atoms with Crippen molar-refractivity contribution < 1.29 is 0 Å². The molecule has 0 saturated heterocycles. The number of benzene rings is 1. The normalized spacial score (nSPS) is 13.7. The molecule has 0 amide bonds. The van der Waals surface area contributed by atoms with E-state index in [1.165, 1.54) is 0 Å². The minimum Gasteiger partial charge on any atom is -0.352 e. The summed E-state index contributed by atoms with van der Waals surface area (Å²) in [5.74, 6) is 0. The molecular formula is C12H12N2. The van der Waals surface area contributed by atoms with Crippen LogP contribution in [0.2, 0.25) is 0 Å². The largest absolute Gasteiger partial charge is 0.352 e. The van der Waals surface area contributed by atoms with Gasteiger partial charge in [0, 0.05) is 0 Å². The van der Waals surface area contributed by atoms with Crippen LogP contribution >= 0.6 is 0 Å². The highest BCUT2D eigenvalue weighted by Gasteiger charge is 2.11. The number of hydrogen-bond donors (Lipinski definition) is 2. The van der Waals surface area contributed by atoms with Crippen LogP contribution < -0.4 is 10.6 Å². The first kappa shape index (κ1) is 8.63. The first-order valence-corrected chi connectivity index (χ1v) is 4.47. The minimum absolute atomic E-state index is 0.957. The zero-order chi connectivity index (χ0) is 9.97. The Morgan fingerprint density at radius 3 is 1.64 bits per heavy atom. The molecule has 1 aromatic rings. The van der Waals surface area contributed by atoms with Crippen molar-refractivity contribution in [1.82, 2.24) is 0 Å². The van der Waals surface area contributed by atoms with Crippen LogP contribution in [0.5, 0.6) is 0 Å². The van der Waals surface area contributed by atoms with Crippen LogP contribution in [-0.4, -0.2) is 0 Å². The second kappa shape index (κ2) is 3.42. The van der Waals surface area contributed by atoms with Gasteiger partial charge in [-0.2, -0.15) is 0 Å². The van der Waals surface area contributed by atoms with Crippen molar-refractivity contribution in [2.24, 2.45) is 0 Å². The second-order valence-electron chi connectivity index (χ2n) is 3.03. The van der Waals surface area contributed by atoms with E-state index in [1.54, 1.807) is 12.2 Å². The molecule has 1 aliphatic rings. The van der Waals surface area contributed by atoms with Gasteiger partial charge in [-0.15, -0.1) is 0 Å². The maximum absolute atomic E-state index is 3.75. The Morgan fingerprint density at radius 1 is 0.857 bits per heavy atom. The molecule has 0 fully saturated rings. The molecule has 0 spiro atoms. The Morgan fingerprint density at radius 2 is 1.29 bits per heavy atom. The lowest BCUT2D eigenvalue weighted by Gasteiger charge is -2.22. The number of fused-ring (bicyclic) bond motifs is 1. The smallest absolute Gasteiger partial charge is 0.0624 e. The lowest BCUT2D eigenvalue weighted by atomic mass is 10.1. The summed E-state index contributed by atoms with van der Waals surface area (Å²) in [7, 11) is 0. The van der Waals surface area contributed by atoms with Crippen LogP contribution in [0.4, 0.5) is 11.4 Å². The summed E-state index contributed by atoms with van der Waals surface area (Å²) in [4.78, 5) is 0. The van der Waals surface area contributed by atoms with Crippen molar-refractivity contribution >= 4 is 11.4 Å². The lowest BCUT2D eigenvalue weighted by molar-refractivity contribution is 1.31. The molecule has 1 heterocycles. The van der Waals surface area contributed by atoms with Gasteiger partial charge in [-0.05, 0) is 24.3 Å². The molecule has 0 aliphatic carbocycles. The van der Waals surface area contributed by atoms with Crippen LogP contribution in [0.15, 0.2) is 61.0 Å².